The van der Waals surface area contributed by atoms with Crippen LogP contribution in [0.4, 0.5) is 21.5 Å². The van der Waals surface area contributed by atoms with Crippen molar-refractivity contribution >= 4 is 34.6 Å². The lowest BCUT2D eigenvalue weighted by molar-refractivity contribution is 0.102. The van der Waals surface area contributed by atoms with Gasteiger partial charge < -0.3 is 10.6 Å². The molecule has 1 aromatic heterocycles. The molecular formula is C18H13ClFN3O. The van der Waals surface area contributed by atoms with Gasteiger partial charge in [0.2, 0.25) is 0 Å². The minimum atomic E-state index is -0.347. The number of aromatic nitrogens is 1. The highest BCUT2D eigenvalue weighted by molar-refractivity contribution is 6.30. The predicted molar refractivity (Wildman–Crippen MR) is 93.3 cm³/mol. The molecule has 0 aliphatic rings. The zero-order valence-corrected chi connectivity index (χ0v) is 13.2. The summed E-state index contributed by atoms with van der Waals surface area (Å²) in [5.41, 5.74) is 2.09. The quantitative estimate of drug-likeness (QED) is 0.711. The molecule has 24 heavy (non-hydrogen) atoms. The largest absolute Gasteiger partial charge is 0.355 e. The normalized spacial score (nSPS) is 10.2. The fourth-order valence-electron chi connectivity index (χ4n) is 2.09. The number of pyridine rings is 1. The van der Waals surface area contributed by atoms with Gasteiger partial charge in [0.05, 0.1) is 0 Å². The van der Waals surface area contributed by atoms with Gasteiger partial charge in [-0.2, -0.15) is 0 Å². The van der Waals surface area contributed by atoms with Crippen LogP contribution < -0.4 is 10.6 Å². The molecule has 2 aromatic carbocycles. The number of benzene rings is 2. The summed E-state index contributed by atoms with van der Waals surface area (Å²) in [6, 6.07) is 16.1. The van der Waals surface area contributed by atoms with E-state index in [1.165, 1.54) is 18.3 Å². The van der Waals surface area contributed by atoms with Gasteiger partial charge in [0.25, 0.3) is 5.91 Å². The Morgan fingerprint density at radius 2 is 1.71 bits per heavy atom. The van der Waals surface area contributed by atoms with Gasteiger partial charge in [0.1, 0.15) is 11.5 Å². The van der Waals surface area contributed by atoms with E-state index in [0.29, 0.717) is 22.1 Å². The Morgan fingerprint density at radius 1 is 0.958 bits per heavy atom. The molecular weight excluding hydrogens is 329 g/mol. The van der Waals surface area contributed by atoms with Crippen LogP contribution in [-0.2, 0) is 0 Å². The van der Waals surface area contributed by atoms with Crippen LogP contribution >= 0.6 is 11.6 Å². The lowest BCUT2D eigenvalue weighted by Crippen LogP contribution is -2.13. The van der Waals surface area contributed by atoms with Gasteiger partial charge in [-0.1, -0.05) is 17.7 Å². The Labute approximate surface area is 143 Å². The molecule has 0 saturated heterocycles. The minimum Gasteiger partial charge on any atom is -0.355 e. The Bertz CT molecular complexity index is 868. The lowest BCUT2D eigenvalue weighted by atomic mass is 10.2. The van der Waals surface area contributed by atoms with E-state index < -0.39 is 0 Å². The first kappa shape index (κ1) is 16.0. The second-order valence-corrected chi connectivity index (χ2v) is 5.46. The fourth-order valence-corrected chi connectivity index (χ4v) is 2.22. The number of anilines is 3. The van der Waals surface area contributed by atoms with E-state index >= 15 is 0 Å². The predicted octanol–water partition coefficient (Wildman–Crippen LogP) is 4.87. The van der Waals surface area contributed by atoms with Crippen molar-refractivity contribution in [3.05, 3.63) is 83.4 Å². The van der Waals surface area contributed by atoms with E-state index in [-0.39, 0.29) is 17.4 Å². The average Bonchev–Trinajstić information content (AvgIpc) is 2.57. The number of nitrogens with zero attached hydrogens (tertiary/aromatic N) is 1. The molecule has 0 fully saturated rings. The number of carbonyl (C=O) groups excluding carboxylic acids is 1. The first-order valence-electron chi connectivity index (χ1n) is 7.16. The molecule has 120 valence electrons. The second kappa shape index (κ2) is 7.10. The summed E-state index contributed by atoms with van der Waals surface area (Å²) in [4.78, 5) is 16.3. The van der Waals surface area contributed by atoms with Crippen molar-refractivity contribution in [2.24, 2.45) is 0 Å². The summed E-state index contributed by atoms with van der Waals surface area (Å²) in [7, 11) is 0. The Morgan fingerprint density at radius 3 is 2.46 bits per heavy atom. The third-order valence-corrected chi connectivity index (χ3v) is 3.46. The maximum absolute atomic E-state index is 13.2. The third-order valence-electron chi connectivity index (χ3n) is 3.21. The Kier molecular flexibility index (Phi) is 4.72. The molecule has 4 nitrogen and oxygen atoms in total. The molecule has 1 heterocycles. The zero-order chi connectivity index (χ0) is 16.9. The topological polar surface area (TPSA) is 54.0 Å². The number of nitrogens with one attached hydrogen (secondary N) is 2. The zero-order valence-electron chi connectivity index (χ0n) is 12.5. The van der Waals surface area contributed by atoms with E-state index in [1.54, 1.807) is 48.5 Å². The standard InChI is InChI=1S/C18H13ClFN3O/c19-12-4-6-14(7-5-12)23-18(24)17-11-16(8-9-21-17)22-15-3-1-2-13(20)10-15/h1-11H,(H,21,22)(H,23,24). The summed E-state index contributed by atoms with van der Waals surface area (Å²) < 4.78 is 13.2. The van der Waals surface area contributed by atoms with Crippen LogP contribution in [0.2, 0.25) is 5.02 Å². The van der Waals surface area contributed by atoms with Crippen molar-refractivity contribution in [1.82, 2.24) is 4.98 Å². The number of halogens is 2. The summed E-state index contributed by atoms with van der Waals surface area (Å²) in [6.07, 6.45) is 1.51. The fraction of sp³-hybridized carbons (Fsp3) is 0. The molecule has 3 aromatic rings. The number of hydrogen-bond acceptors (Lipinski definition) is 3. The van der Waals surface area contributed by atoms with Crippen LogP contribution in [0.3, 0.4) is 0 Å². The van der Waals surface area contributed by atoms with Crippen molar-refractivity contribution in [1.29, 1.82) is 0 Å². The van der Waals surface area contributed by atoms with Gasteiger partial charge in [-0.05, 0) is 54.6 Å². The van der Waals surface area contributed by atoms with Crippen LogP contribution in [0.25, 0.3) is 0 Å². The lowest BCUT2D eigenvalue weighted by Gasteiger charge is -2.09. The minimum absolute atomic E-state index is 0.242. The SMILES string of the molecule is O=C(Nc1ccc(Cl)cc1)c1cc(Nc2cccc(F)c2)ccn1. The van der Waals surface area contributed by atoms with E-state index in [9.17, 15) is 9.18 Å². The van der Waals surface area contributed by atoms with Crippen molar-refractivity contribution in [2.45, 2.75) is 0 Å². The molecule has 0 radical (unpaired) electrons. The monoisotopic (exact) mass is 341 g/mol. The van der Waals surface area contributed by atoms with Crippen LogP contribution in [0.5, 0.6) is 0 Å². The Balaban J connectivity index is 1.74. The van der Waals surface area contributed by atoms with Crippen LogP contribution in [0, 0.1) is 5.82 Å². The van der Waals surface area contributed by atoms with E-state index in [0.717, 1.165) is 0 Å². The van der Waals surface area contributed by atoms with E-state index in [1.807, 2.05) is 0 Å². The molecule has 0 aliphatic carbocycles. The Hall–Kier alpha value is -2.92. The molecule has 2 N–H and O–H groups in total. The first-order valence-corrected chi connectivity index (χ1v) is 7.53. The van der Waals surface area contributed by atoms with Gasteiger partial charge >= 0.3 is 0 Å². The molecule has 0 spiro atoms. The average molecular weight is 342 g/mol. The summed E-state index contributed by atoms with van der Waals surface area (Å²) in [5.74, 6) is -0.685. The van der Waals surface area contributed by atoms with E-state index in [2.05, 4.69) is 15.6 Å². The van der Waals surface area contributed by atoms with Crippen molar-refractivity contribution in [2.75, 3.05) is 10.6 Å². The molecule has 3 rings (SSSR count). The van der Waals surface area contributed by atoms with Crippen LogP contribution in [0.15, 0.2) is 66.9 Å². The number of hydrogen-bond donors (Lipinski definition) is 2. The summed E-state index contributed by atoms with van der Waals surface area (Å²) >= 11 is 5.81. The van der Waals surface area contributed by atoms with Crippen molar-refractivity contribution in [3.63, 3.8) is 0 Å². The smallest absolute Gasteiger partial charge is 0.274 e. The summed E-state index contributed by atoms with van der Waals surface area (Å²) in [5, 5.41) is 6.36. The van der Waals surface area contributed by atoms with Gasteiger partial charge in [0, 0.05) is 28.3 Å². The number of rotatable bonds is 4. The molecule has 0 bridgehead atoms. The number of amides is 1. The summed E-state index contributed by atoms with van der Waals surface area (Å²) in [6.45, 7) is 0. The van der Waals surface area contributed by atoms with Crippen molar-refractivity contribution < 1.29 is 9.18 Å². The van der Waals surface area contributed by atoms with Crippen molar-refractivity contribution in [3.8, 4) is 0 Å². The van der Waals surface area contributed by atoms with Gasteiger partial charge in [0.15, 0.2) is 0 Å². The molecule has 0 aliphatic heterocycles. The second-order valence-electron chi connectivity index (χ2n) is 5.03. The first-order chi connectivity index (χ1) is 11.6. The van der Waals surface area contributed by atoms with Crippen LogP contribution in [-0.4, -0.2) is 10.9 Å². The van der Waals surface area contributed by atoms with Gasteiger partial charge in [-0.3, -0.25) is 9.78 Å². The molecule has 6 heteroatoms. The van der Waals surface area contributed by atoms with Crippen LogP contribution in [0.1, 0.15) is 10.5 Å². The van der Waals surface area contributed by atoms with Gasteiger partial charge in [-0.25, -0.2) is 4.39 Å². The maximum Gasteiger partial charge on any atom is 0.274 e. The molecule has 0 unspecified atom stereocenters. The van der Waals surface area contributed by atoms with Gasteiger partial charge in [-0.15, -0.1) is 0 Å². The molecule has 1 amide bonds. The molecule has 0 saturated carbocycles. The highest BCUT2D eigenvalue weighted by atomic mass is 35.5. The highest BCUT2D eigenvalue weighted by Gasteiger charge is 2.09. The third kappa shape index (κ3) is 4.08. The highest BCUT2D eigenvalue weighted by Crippen LogP contribution is 2.19. The number of carbonyl (C=O) groups is 1. The maximum atomic E-state index is 13.2. The molecule has 0 atom stereocenters. The van der Waals surface area contributed by atoms with E-state index in [4.69, 9.17) is 11.6 Å².